The quantitative estimate of drug-likeness (QED) is 0.748. The summed E-state index contributed by atoms with van der Waals surface area (Å²) in [5.41, 5.74) is 1.78. The van der Waals surface area contributed by atoms with E-state index in [4.69, 9.17) is 14.2 Å². The first-order chi connectivity index (χ1) is 9.33. The predicted molar refractivity (Wildman–Crippen MR) is 71.8 cm³/mol. The Kier molecular flexibility index (Phi) is 4.89. The van der Waals surface area contributed by atoms with Gasteiger partial charge in [0.1, 0.15) is 5.75 Å². The zero-order valence-corrected chi connectivity index (χ0v) is 11.1. The van der Waals surface area contributed by atoms with Gasteiger partial charge in [-0.05, 0) is 24.3 Å². The molecule has 0 N–H and O–H groups in total. The van der Waals surface area contributed by atoms with E-state index >= 15 is 0 Å². The summed E-state index contributed by atoms with van der Waals surface area (Å²) < 4.78 is 16.3. The van der Waals surface area contributed by atoms with Crippen molar-refractivity contribution in [2.24, 2.45) is 0 Å². The van der Waals surface area contributed by atoms with E-state index in [1.165, 1.54) is 0 Å². The van der Waals surface area contributed by atoms with Crippen LogP contribution in [0, 0.1) is 0 Å². The van der Waals surface area contributed by atoms with Crippen LogP contribution in [0.1, 0.15) is 17.5 Å². The van der Waals surface area contributed by atoms with Gasteiger partial charge in [0.2, 0.25) is 0 Å². The van der Waals surface area contributed by atoms with E-state index < -0.39 is 6.29 Å². The molecule has 1 heterocycles. The summed E-state index contributed by atoms with van der Waals surface area (Å²) in [6.07, 6.45) is 1.31. The van der Waals surface area contributed by atoms with E-state index in [2.05, 4.69) is 4.98 Å². The summed E-state index contributed by atoms with van der Waals surface area (Å²) in [5, 5.41) is 0. The smallest absolute Gasteiger partial charge is 0.184 e. The van der Waals surface area contributed by atoms with E-state index in [0.29, 0.717) is 6.61 Å². The second-order valence-electron chi connectivity index (χ2n) is 3.98. The minimum atomic E-state index is -0.433. The van der Waals surface area contributed by atoms with Gasteiger partial charge in [-0.3, -0.25) is 4.98 Å². The average Bonchev–Trinajstić information content (AvgIpc) is 2.49. The Bertz CT molecular complexity index is 502. The molecule has 19 heavy (non-hydrogen) atoms. The van der Waals surface area contributed by atoms with Crippen molar-refractivity contribution >= 4 is 0 Å². The number of ether oxygens (including phenoxy) is 3. The third-order valence-corrected chi connectivity index (χ3v) is 2.69. The molecule has 0 fully saturated rings. The molecule has 0 amide bonds. The van der Waals surface area contributed by atoms with Gasteiger partial charge in [0.25, 0.3) is 0 Å². The molecule has 0 radical (unpaired) electrons. The summed E-state index contributed by atoms with van der Waals surface area (Å²) >= 11 is 0. The Morgan fingerprint density at radius 1 is 1.11 bits per heavy atom. The average molecular weight is 259 g/mol. The number of hydrogen-bond acceptors (Lipinski definition) is 4. The molecule has 2 aromatic rings. The Morgan fingerprint density at radius 3 is 2.68 bits per heavy atom. The van der Waals surface area contributed by atoms with Crippen LogP contribution < -0.4 is 4.74 Å². The number of methoxy groups -OCH3 is 2. The Morgan fingerprint density at radius 2 is 2.00 bits per heavy atom. The molecule has 0 aliphatic rings. The highest BCUT2D eigenvalue weighted by Gasteiger charge is 2.12. The van der Waals surface area contributed by atoms with Crippen molar-refractivity contribution in [3.05, 3.63) is 59.9 Å². The largest absolute Gasteiger partial charge is 0.497 e. The monoisotopic (exact) mass is 259 g/mol. The topological polar surface area (TPSA) is 40.6 Å². The second-order valence-corrected chi connectivity index (χ2v) is 3.98. The van der Waals surface area contributed by atoms with Gasteiger partial charge in [-0.1, -0.05) is 18.2 Å². The number of nitrogens with zero attached hydrogens (tertiary/aromatic N) is 1. The molecular weight excluding hydrogens is 242 g/mol. The van der Waals surface area contributed by atoms with Gasteiger partial charge in [-0.25, -0.2) is 0 Å². The van der Waals surface area contributed by atoms with Gasteiger partial charge in [-0.2, -0.15) is 0 Å². The van der Waals surface area contributed by atoms with E-state index in [0.717, 1.165) is 17.0 Å². The van der Waals surface area contributed by atoms with Gasteiger partial charge < -0.3 is 14.2 Å². The molecule has 0 saturated carbocycles. The molecule has 1 aromatic carbocycles. The zero-order chi connectivity index (χ0) is 13.5. The zero-order valence-electron chi connectivity index (χ0n) is 11.1. The highest BCUT2D eigenvalue weighted by Crippen LogP contribution is 2.23. The lowest BCUT2D eigenvalue weighted by Gasteiger charge is -2.17. The summed E-state index contributed by atoms with van der Waals surface area (Å²) in [6.45, 7) is 0.399. The van der Waals surface area contributed by atoms with Crippen molar-refractivity contribution in [1.29, 1.82) is 0 Å². The molecule has 0 saturated heterocycles. The minimum Gasteiger partial charge on any atom is -0.497 e. The van der Waals surface area contributed by atoms with Gasteiger partial charge in [-0.15, -0.1) is 0 Å². The van der Waals surface area contributed by atoms with Gasteiger partial charge in [0.15, 0.2) is 6.29 Å². The second kappa shape index (κ2) is 6.87. The highest BCUT2D eigenvalue weighted by molar-refractivity contribution is 5.29. The fraction of sp³-hybridized carbons (Fsp3) is 0.267. The normalized spacial score (nSPS) is 12.1. The lowest BCUT2D eigenvalue weighted by atomic mass is 10.2. The van der Waals surface area contributed by atoms with E-state index in [1.807, 2.05) is 42.5 Å². The van der Waals surface area contributed by atoms with Crippen molar-refractivity contribution in [2.75, 3.05) is 14.2 Å². The summed E-state index contributed by atoms with van der Waals surface area (Å²) in [5.74, 6) is 0.779. The number of rotatable bonds is 6. The van der Waals surface area contributed by atoms with Crippen LogP contribution in [0.2, 0.25) is 0 Å². The van der Waals surface area contributed by atoms with Crippen LogP contribution in [0.25, 0.3) is 0 Å². The Balaban J connectivity index is 2.03. The molecule has 1 unspecified atom stereocenters. The molecule has 4 heteroatoms. The first-order valence-electron chi connectivity index (χ1n) is 6.01. The van der Waals surface area contributed by atoms with Crippen LogP contribution in [-0.2, 0) is 16.1 Å². The van der Waals surface area contributed by atoms with Gasteiger partial charge >= 0.3 is 0 Å². The highest BCUT2D eigenvalue weighted by atomic mass is 16.7. The van der Waals surface area contributed by atoms with Crippen LogP contribution in [0.15, 0.2) is 48.7 Å². The maximum Gasteiger partial charge on any atom is 0.184 e. The molecule has 4 nitrogen and oxygen atoms in total. The lowest BCUT2D eigenvalue weighted by Crippen LogP contribution is -2.07. The van der Waals surface area contributed by atoms with Crippen LogP contribution in [0.3, 0.4) is 0 Å². The molecule has 2 rings (SSSR count). The van der Waals surface area contributed by atoms with Crippen LogP contribution >= 0.6 is 0 Å². The van der Waals surface area contributed by atoms with Crippen LogP contribution in [0.5, 0.6) is 5.75 Å². The minimum absolute atomic E-state index is 0.399. The number of pyridine rings is 1. The van der Waals surface area contributed by atoms with Crippen LogP contribution in [-0.4, -0.2) is 19.2 Å². The van der Waals surface area contributed by atoms with Crippen molar-refractivity contribution in [3.63, 3.8) is 0 Å². The molecule has 1 atom stereocenters. The fourth-order valence-electron chi connectivity index (χ4n) is 1.73. The first kappa shape index (κ1) is 13.5. The summed E-state index contributed by atoms with van der Waals surface area (Å²) in [4.78, 5) is 4.21. The molecule has 100 valence electrons. The standard InChI is InChI=1S/C15H17NO3/c1-17-14-8-5-6-12(10-14)15(18-2)19-11-13-7-3-4-9-16-13/h3-10,15H,11H2,1-2H3. The number of benzene rings is 1. The molecule has 0 aliphatic carbocycles. The molecule has 1 aromatic heterocycles. The molecule has 0 spiro atoms. The van der Waals surface area contributed by atoms with E-state index in [9.17, 15) is 0 Å². The molecular formula is C15H17NO3. The fourth-order valence-corrected chi connectivity index (χ4v) is 1.73. The maximum absolute atomic E-state index is 5.72. The van der Waals surface area contributed by atoms with Crippen molar-refractivity contribution in [2.45, 2.75) is 12.9 Å². The Labute approximate surface area is 113 Å². The molecule has 0 aliphatic heterocycles. The van der Waals surface area contributed by atoms with Crippen molar-refractivity contribution in [1.82, 2.24) is 4.98 Å². The number of hydrogen-bond donors (Lipinski definition) is 0. The number of aromatic nitrogens is 1. The third-order valence-electron chi connectivity index (χ3n) is 2.69. The summed E-state index contributed by atoms with van der Waals surface area (Å²) in [7, 11) is 3.25. The third kappa shape index (κ3) is 3.77. The van der Waals surface area contributed by atoms with Crippen LogP contribution in [0.4, 0.5) is 0 Å². The lowest BCUT2D eigenvalue weighted by molar-refractivity contribution is -0.136. The van der Waals surface area contributed by atoms with E-state index in [1.54, 1.807) is 20.4 Å². The van der Waals surface area contributed by atoms with Crippen molar-refractivity contribution in [3.8, 4) is 5.75 Å². The molecule has 0 bridgehead atoms. The van der Waals surface area contributed by atoms with Gasteiger partial charge in [0.05, 0.1) is 19.4 Å². The predicted octanol–water partition coefficient (Wildman–Crippen LogP) is 2.95. The van der Waals surface area contributed by atoms with Crippen molar-refractivity contribution < 1.29 is 14.2 Å². The maximum atomic E-state index is 5.72. The summed E-state index contributed by atoms with van der Waals surface area (Å²) in [6, 6.07) is 13.3. The van der Waals surface area contributed by atoms with Gasteiger partial charge in [0, 0.05) is 18.9 Å². The first-order valence-corrected chi connectivity index (χ1v) is 6.01. The SMILES string of the molecule is COc1cccc(C(OC)OCc2ccccn2)c1. The Hall–Kier alpha value is -1.91. The van der Waals surface area contributed by atoms with E-state index in [-0.39, 0.29) is 0 Å².